The van der Waals surface area contributed by atoms with Crippen LogP contribution in [0.1, 0.15) is 119 Å². The summed E-state index contributed by atoms with van der Waals surface area (Å²) in [7, 11) is 0. The number of hydrogen-bond acceptors (Lipinski definition) is 4. The summed E-state index contributed by atoms with van der Waals surface area (Å²) in [6, 6.07) is 0.291. The fourth-order valence-corrected chi connectivity index (χ4v) is 12.5. The molecule has 230 valence electrons. The first kappa shape index (κ1) is 29.3. The summed E-state index contributed by atoms with van der Waals surface area (Å²) in [6.07, 6.45) is 10.9. The molecule has 0 aliphatic heterocycles. The molecule has 3 N–H and O–H groups in total. The van der Waals surface area contributed by atoms with Crippen molar-refractivity contribution < 1.29 is 29.3 Å². The van der Waals surface area contributed by atoms with E-state index in [1.807, 2.05) is 6.92 Å². The SMILES string of the molecule is C[C@@H](C(=O)O)[C@@H]1CC[C@]2(C(=O)O)CC[C@]3(C)C(CCC4[C@@]5(C)CC[C@@H](OC(=O)NC6CC6)C(C)(C)C5CC[C@]43C)C12. The van der Waals surface area contributed by atoms with Crippen molar-refractivity contribution in [2.24, 2.45) is 62.6 Å². The first-order valence-electron chi connectivity index (χ1n) is 16.6. The smallest absolute Gasteiger partial charge is 0.407 e. The van der Waals surface area contributed by atoms with Crippen LogP contribution >= 0.6 is 0 Å². The quantitative estimate of drug-likeness (QED) is 0.324. The third-order valence-corrected chi connectivity index (χ3v) is 15.0. The normalized spacial score (nSPS) is 48.9. The lowest BCUT2D eigenvalue weighted by molar-refractivity contribution is -0.249. The van der Waals surface area contributed by atoms with Crippen molar-refractivity contribution in [3.05, 3.63) is 0 Å². The van der Waals surface area contributed by atoms with E-state index in [9.17, 15) is 24.6 Å². The first-order chi connectivity index (χ1) is 19.1. The molecule has 6 rings (SSSR count). The Balaban J connectivity index is 1.30. The fraction of sp³-hybridized carbons (Fsp3) is 0.912. The Morgan fingerprint density at radius 2 is 1.49 bits per heavy atom. The zero-order chi connectivity index (χ0) is 29.8. The van der Waals surface area contributed by atoms with Gasteiger partial charge in [0, 0.05) is 11.5 Å². The van der Waals surface area contributed by atoms with Crippen LogP contribution in [-0.2, 0) is 14.3 Å². The van der Waals surface area contributed by atoms with Crippen LogP contribution in [0.15, 0.2) is 0 Å². The van der Waals surface area contributed by atoms with E-state index in [1.165, 1.54) is 0 Å². The zero-order valence-electron chi connectivity index (χ0n) is 26.1. The number of aliphatic carboxylic acids is 2. The maximum Gasteiger partial charge on any atom is 0.407 e. The topological polar surface area (TPSA) is 113 Å². The van der Waals surface area contributed by atoms with E-state index in [0.29, 0.717) is 37.1 Å². The number of carboxylic acid groups (broad SMARTS) is 2. The summed E-state index contributed by atoms with van der Waals surface area (Å²) in [4.78, 5) is 37.8. The Bertz CT molecular complexity index is 1120. The lowest BCUT2D eigenvalue weighted by Gasteiger charge is -2.72. The minimum absolute atomic E-state index is 0.0179. The molecule has 0 heterocycles. The summed E-state index contributed by atoms with van der Waals surface area (Å²) >= 11 is 0. The number of ether oxygens (including phenoxy) is 1. The van der Waals surface area contributed by atoms with Crippen LogP contribution in [0.2, 0.25) is 0 Å². The maximum atomic E-state index is 12.9. The fourth-order valence-electron chi connectivity index (χ4n) is 12.5. The molecular weight excluding hydrogens is 518 g/mol. The largest absolute Gasteiger partial charge is 0.481 e. The second-order valence-electron chi connectivity index (χ2n) is 16.7. The van der Waals surface area contributed by atoms with Crippen LogP contribution in [-0.4, -0.2) is 40.4 Å². The predicted molar refractivity (Wildman–Crippen MR) is 155 cm³/mol. The van der Waals surface area contributed by atoms with Gasteiger partial charge in [0.15, 0.2) is 0 Å². The molecule has 6 aliphatic carbocycles. The van der Waals surface area contributed by atoms with Crippen LogP contribution in [0.25, 0.3) is 0 Å². The monoisotopic (exact) mass is 571 g/mol. The highest BCUT2D eigenvalue weighted by atomic mass is 16.6. The number of carbonyl (C=O) groups excluding carboxylic acids is 1. The van der Waals surface area contributed by atoms with Crippen LogP contribution in [0.5, 0.6) is 0 Å². The van der Waals surface area contributed by atoms with Crippen LogP contribution in [0.3, 0.4) is 0 Å². The lowest BCUT2D eigenvalue weighted by atomic mass is 9.32. The predicted octanol–water partition coefficient (Wildman–Crippen LogP) is 7.13. The molecule has 0 spiro atoms. The van der Waals surface area contributed by atoms with Gasteiger partial charge in [-0.25, -0.2) is 4.79 Å². The molecule has 6 fully saturated rings. The van der Waals surface area contributed by atoms with Crippen molar-refractivity contribution >= 4 is 18.0 Å². The molecule has 7 heteroatoms. The van der Waals surface area contributed by atoms with Gasteiger partial charge in [0.25, 0.3) is 0 Å². The molecule has 4 unspecified atom stereocenters. The van der Waals surface area contributed by atoms with E-state index in [4.69, 9.17) is 4.74 Å². The average Bonchev–Trinajstić information content (AvgIpc) is 3.61. The van der Waals surface area contributed by atoms with E-state index < -0.39 is 23.3 Å². The highest BCUT2D eigenvalue weighted by Crippen LogP contribution is 2.77. The van der Waals surface area contributed by atoms with Gasteiger partial charge in [-0.3, -0.25) is 9.59 Å². The molecule has 7 nitrogen and oxygen atoms in total. The summed E-state index contributed by atoms with van der Waals surface area (Å²) < 4.78 is 6.10. The molecule has 41 heavy (non-hydrogen) atoms. The van der Waals surface area contributed by atoms with Crippen molar-refractivity contribution in [2.45, 2.75) is 131 Å². The molecule has 0 aromatic carbocycles. The number of rotatable bonds is 5. The molecule has 0 bridgehead atoms. The van der Waals surface area contributed by atoms with Crippen LogP contribution in [0.4, 0.5) is 4.79 Å². The Hall–Kier alpha value is -1.79. The van der Waals surface area contributed by atoms with Crippen molar-refractivity contribution in [3.8, 4) is 0 Å². The Labute approximate surface area is 245 Å². The van der Waals surface area contributed by atoms with Crippen LogP contribution in [0, 0.1) is 62.6 Å². The Kier molecular flexibility index (Phi) is 6.68. The number of alkyl carbamates (subject to hydrolysis) is 1. The molecule has 6 aliphatic rings. The maximum absolute atomic E-state index is 12.9. The number of fused-ring (bicyclic) bond motifs is 7. The minimum Gasteiger partial charge on any atom is -0.481 e. The molecule has 11 atom stereocenters. The lowest BCUT2D eigenvalue weighted by Crippen LogP contribution is -2.67. The second-order valence-corrected chi connectivity index (χ2v) is 16.7. The van der Waals surface area contributed by atoms with Gasteiger partial charge in [-0.15, -0.1) is 0 Å². The zero-order valence-corrected chi connectivity index (χ0v) is 26.1. The molecule has 0 radical (unpaired) electrons. The van der Waals surface area contributed by atoms with Gasteiger partial charge in [-0.05, 0) is 123 Å². The molecule has 1 amide bonds. The molecule has 0 aromatic heterocycles. The van der Waals surface area contributed by atoms with Gasteiger partial charge in [0.1, 0.15) is 6.10 Å². The number of hydrogen-bond donors (Lipinski definition) is 3. The summed E-state index contributed by atoms with van der Waals surface area (Å²) in [5.41, 5.74) is -0.719. The Morgan fingerprint density at radius 3 is 2.12 bits per heavy atom. The van der Waals surface area contributed by atoms with E-state index in [2.05, 4.69) is 39.9 Å². The number of carbonyl (C=O) groups is 3. The standard InChI is InChI=1S/C34H53NO6/c1-19(27(36)37)21-11-16-34(28(38)39)18-17-32(5)22(26(21)34)9-10-24-31(4)14-13-25(41-29(40)35-20-7-8-20)30(2,3)23(31)12-15-33(24,32)6/h19-26H,7-18H2,1-6H3,(H,35,40)(H,36,37)(H,38,39)/t19-,21+,22?,23?,24?,25-,26?,31+,32-,33-,34+/m1/s1. The molecular formula is C34H53NO6. The summed E-state index contributed by atoms with van der Waals surface area (Å²) in [5.74, 6) is -0.940. The third-order valence-electron chi connectivity index (χ3n) is 15.0. The Morgan fingerprint density at radius 1 is 0.780 bits per heavy atom. The van der Waals surface area contributed by atoms with E-state index in [-0.39, 0.29) is 51.6 Å². The van der Waals surface area contributed by atoms with Crippen molar-refractivity contribution in [1.82, 2.24) is 5.32 Å². The molecule has 6 saturated carbocycles. The van der Waals surface area contributed by atoms with Gasteiger partial charge >= 0.3 is 18.0 Å². The summed E-state index contributed by atoms with van der Waals surface area (Å²) in [5, 5.41) is 23.6. The summed E-state index contributed by atoms with van der Waals surface area (Å²) in [6.45, 7) is 13.9. The van der Waals surface area contributed by atoms with Crippen molar-refractivity contribution in [2.75, 3.05) is 0 Å². The highest BCUT2D eigenvalue weighted by Gasteiger charge is 2.72. The van der Waals surface area contributed by atoms with Crippen LogP contribution < -0.4 is 5.32 Å². The molecule has 0 saturated heterocycles. The van der Waals surface area contributed by atoms with Crippen molar-refractivity contribution in [3.63, 3.8) is 0 Å². The van der Waals surface area contributed by atoms with Gasteiger partial charge in [0.2, 0.25) is 0 Å². The van der Waals surface area contributed by atoms with E-state index in [0.717, 1.165) is 57.8 Å². The van der Waals surface area contributed by atoms with Crippen molar-refractivity contribution in [1.29, 1.82) is 0 Å². The van der Waals surface area contributed by atoms with Gasteiger partial charge in [-0.2, -0.15) is 0 Å². The second kappa shape index (κ2) is 9.35. The molecule has 0 aromatic rings. The van der Waals surface area contributed by atoms with E-state index in [1.54, 1.807) is 0 Å². The average molecular weight is 572 g/mol. The van der Waals surface area contributed by atoms with Gasteiger partial charge in [0.05, 0.1) is 11.3 Å². The third kappa shape index (κ3) is 3.98. The highest BCUT2D eigenvalue weighted by molar-refractivity contribution is 5.77. The number of nitrogens with one attached hydrogen (secondary N) is 1. The van der Waals surface area contributed by atoms with Gasteiger partial charge in [-0.1, -0.05) is 41.5 Å². The number of amides is 1. The van der Waals surface area contributed by atoms with E-state index >= 15 is 0 Å². The van der Waals surface area contributed by atoms with Gasteiger partial charge < -0.3 is 20.3 Å². The minimum atomic E-state index is -0.789. The first-order valence-corrected chi connectivity index (χ1v) is 16.6. The number of carboxylic acids is 2.